The fourth-order valence-corrected chi connectivity index (χ4v) is 3.93. The van der Waals surface area contributed by atoms with Gasteiger partial charge in [0.15, 0.2) is 0 Å². The van der Waals surface area contributed by atoms with Gasteiger partial charge in [0.2, 0.25) is 17.7 Å². The number of nitrogens with one attached hydrogen (secondary N) is 2. The zero-order valence-corrected chi connectivity index (χ0v) is 21.8. The number of amides is 3. The molecular formula is C23H36N4O5S2. The van der Waals surface area contributed by atoms with E-state index in [0.717, 1.165) is 5.56 Å². The zero-order valence-electron chi connectivity index (χ0n) is 20.1. The molecule has 4 atom stereocenters. The molecule has 0 fully saturated rings. The number of nitrogens with zero attached hydrogens (tertiary/aromatic N) is 1. The van der Waals surface area contributed by atoms with Crippen molar-refractivity contribution in [3.8, 4) is 0 Å². The molecule has 0 bridgehead atoms. The third-order valence-corrected chi connectivity index (χ3v) is 6.41. The SMILES string of the molecule is CSCC[C@@H](C(=O)O)N(C)C(=O)[C@H](Cc1ccccc1)NC(=O)[C@@H](NC(=O)[C@@H](N)CS)C(C)C. The van der Waals surface area contributed by atoms with Crippen LogP contribution in [0.25, 0.3) is 0 Å². The molecule has 11 heteroatoms. The van der Waals surface area contributed by atoms with Gasteiger partial charge in [0.05, 0.1) is 6.04 Å². The molecule has 9 nitrogen and oxygen atoms in total. The van der Waals surface area contributed by atoms with Crippen LogP contribution in [0, 0.1) is 5.92 Å². The van der Waals surface area contributed by atoms with Gasteiger partial charge >= 0.3 is 5.97 Å². The molecule has 3 amide bonds. The van der Waals surface area contributed by atoms with Crippen LogP contribution in [-0.4, -0.2) is 82.7 Å². The molecule has 1 rings (SSSR count). The van der Waals surface area contributed by atoms with Gasteiger partial charge < -0.3 is 26.4 Å². The largest absolute Gasteiger partial charge is 0.480 e. The number of carboxylic acids is 1. The molecule has 0 aromatic heterocycles. The molecule has 0 aliphatic heterocycles. The number of nitrogens with two attached hydrogens (primary N) is 1. The predicted molar refractivity (Wildman–Crippen MR) is 138 cm³/mol. The van der Waals surface area contributed by atoms with Gasteiger partial charge in [-0.15, -0.1) is 0 Å². The monoisotopic (exact) mass is 512 g/mol. The van der Waals surface area contributed by atoms with Crippen molar-refractivity contribution >= 4 is 48.1 Å². The van der Waals surface area contributed by atoms with Gasteiger partial charge in [-0.1, -0.05) is 44.2 Å². The van der Waals surface area contributed by atoms with Crippen LogP contribution in [0.4, 0.5) is 0 Å². The predicted octanol–water partition coefficient (Wildman–Crippen LogP) is 0.777. The minimum atomic E-state index is -1.11. The van der Waals surface area contributed by atoms with Gasteiger partial charge in [-0.05, 0) is 29.9 Å². The minimum absolute atomic E-state index is 0.116. The van der Waals surface area contributed by atoms with Crippen LogP contribution in [0.15, 0.2) is 30.3 Å². The normalized spacial score (nSPS) is 14.6. The highest BCUT2D eigenvalue weighted by molar-refractivity contribution is 7.98. The van der Waals surface area contributed by atoms with Crippen LogP contribution >= 0.6 is 24.4 Å². The van der Waals surface area contributed by atoms with E-state index in [2.05, 4.69) is 23.3 Å². The molecule has 1 aromatic rings. The number of hydrogen-bond donors (Lipinski definition) is 5. The van der Waals surface area contributed by atoms with Crippen LogP contribution < -0.4 is 16.4 Å². The summed E-state index contributed by atoms with van der Waals surface area (Å²) in [6.07, 6.45) is 2.30. The number of aliphatic carboxylic acids is 1. The second-order valence-electron chi connectivity index (χ2n) is 8.35. The second-order valence-corrected chi connectivity index (χ2v) is 9.71. The lowest BCUT2D eigenvalue weighted by atomic mass is 10.00. The van der Waals surface area contributed by atoms with Crippen molar-refractivity contribution in [3.63, 3.8) is 0 Å². The third-order valence-electron chi connectivity index (χ3n) is 5.37. The number of benzene rings is 1. The number of rotatable bonds is 14. The average molecular weight is 513 g/mol. The van der Waals surface area contributed by atoms with E-state index in [-0.39, 0.29) is 24.5 Å². The van der Waals surface area contributed by atoms with Crippen LogP contribution in [0.3, 0.4) is 0 Å². The molecule has 1 aromatic carbocycles. The van der Waals surface area contributed by atoms with Crippen LogP contribution in [0.5, 0.6) is 0 Å². The highest BCUT2D eigenvalue weighted by Crippen LogP contribution is 2.13. The molecule has 5 N–H and O–H groups in total. The molecule has 190 valence electrons. The summed E-state index contributed by atoms with van der Waals surface area (Å²) in [6, 6.07) is 5.26. The van der Waals surface area contributed by atoms with Crippen LogP contribution in [-0.2, 0) is 25.6 Å². The van der Waals surface area contributed by atoms with E-state index in [4.69, 9.17) is 5.73 Å². The Morgan fingerprint density at radius 3 is 2.24 bits per heavy atom. The molecule has 0 saturated carbocycles. The molecule has 0 aliphatic rings. The highest BCUT2D eigenvalue weighted by Gasteiger charge is 2.34. The number of likely N-dealkylation sites (N-methyl/N-ethyl adjacent to an activating group) is 1. The van der Waals surface area contributed by atoms with E-state index in [1.54, 1.807) is 13.8 Å². The van der Waals surface area contributed by atoms with E-state index in [9.17, 15) is 24.3 Å². The molecule has 0 saturated heterocycles. The van der Waals surface area contributed by atoms with Crippen LogP contribution in [0.2, 0.25) is 0 Å². The van der Waals surface area contributed by atoms with Crippen molar-refractivity contribution in [1.29, 1.82) is 0 Å². The molecular weight excluding hydrogens is 476 g/mol. The fraction of sp³-hybridized carbons (Fsp3) is 0.565. The Kier molecular flexibility index (Phi) is 13.1. The lowest BCUT2D eigenvalue weighted by Gasteiger charge is -2.31. The Balaban J connectivity index is 3.17. The number of carbonyl (C=O) groups excluding carboxylic acids is 3. The van der Waals surface area contributed by atoms with Gasteiger partial charge in [0.25, 0.3) is 0 Å². The molecule has 0 unspecified atom stereocenters. The lowest BCUT2D eigenvalue weighted by molar-refractivity contribution is -0.150. The summed E-state index contributed by atoms with van der Waals surface area (Å²) >= 11 is 5.50. The minimum Gasteiger partial charge on any atom is -0.480 e. The van der Waals surface area contributed by atoms with E-state index in [1.165, 1.54) is 23.7 Å². The second kappa shape index (κ2) is 14.9. The van der Waals surface area contributed by atoms with Crippen molar-refractivity contribution in [3.05, 3.63) is 35.9 Å². The van der Waals surface area contributed by atoms with Gasteiger partial charge in [-0.3, -0.25) is 14.4 Å². The lowest BCUT2D eigenvalue weighted by Crippen LogP contribution is -2.59. The first-order valence-corrected chi connectivity index (χ1v) is 13.1. The van der Waals surface area contributed by atoms with Gasteiger partial charge in [-0.2, -0.15) is 24.4 Å². The Bertz CT molecular complexity index is 825. The molecule has 34 heavy (non-hydrogen) atoms. The molecule has 0 spiro atoms. The topological polar surface area (TPSA) is 142 Å². The quantitative estimate of drug-likeness (QED) is 0.232. The smallest absolute Gasteiger partial charge is 0.326 e. The maximum atomic E-state index is 13.4. The Labute approximate surface area is 211 Å². The Hall–Kier alpha value is -2.24. The number of hydrogen-bond acceptors (Lipinski definition) is 7. The maximum Gasteiger partial charge on any atom is 0.326 e. The first-order chi connectivity index (χ1) is 16.0. The standard InChI is InChI=1S/C23H36N4O5S2/c1-14(2)19(26-20(28)16(24)13-33)21(29)25-17(12-15-8-6-5-7-9-15)22(30)27(3)18(23(31)32)10-11-34-4/h5-9,14,16-19,33H,10-13,24H2,1-4H3,(H,25,29)(H,26,28)(H,31,32)/t16-,17-,18-,19-/m0/s1. The van der Waals surface area contributed by atoms with Crippen LogP contribution in [0.1, 0.15) is 25.8 Å². The summed E-state index contributed by atoms with van der Waals surface area (Å²) in [6.45, 7) is 3.53. The van der Waals surface area contributed by atoms with E-state index < -0.39 is 47.9 Å². The number of thioether (sulfide) groups is 1. The first kappa shape index (κ1) is 29.8. The van der Waals surface area contributed by atoms with E-state index >= 15 is 0 Å². The van der Waals surface area contributed by atoms with E-state index in [0.29, 0.717) is 5.75 Å². The van der Waals surface area contributed by atoms with Gasteiger partial charge in [0, 0.05) is 19.2 Å². The molecule has 0 heterocycles. The summed E-state index contributed by atoms with van der Waals surface area (Å²) in [5.41, 5.74) is 6.52. The average Bonchev–Trinajstić information content (AvgIpc) is 2.81. The van der Waals surface area contributed by atoms with Crippen molar-refractivity contribution in [1.82, 2.24) is 15.5 Å². The summed E-state index contributed by atoms with van der Waals surface area (Å²) in [7, 11) is 1.43. The van der Waals surface area contributed by atoms with Gasteiger partial charge in [-0.25, -0.2) is 4.79 Å². The first-order valence-electron chi connectivity index (χ1n) is 11.0. The number of carboxylic acid groups (broad SMARTS) is 1. The van der Waals surface area contributed by atoms with Crippen molar-refractivity contribution < 1.29 is 24.3 Å². The fourth-order valence-electron chi connectivity index (χ4n) is 3.30. The summed E-state index contributed by atoms with van der Waals surface area (Å²) in [5, 5.41) is 15.0. The van der Waals surface area contributed by atoms with Crippen molar-refractivity contribution in [2.75, 3.05) is 24.8 Å². The van der Waals surface area contributed by atoms with Crippen molar-refractivity contribution in [2.45, 2.75) is 50.9 Å². The summed E-state index contributed by atoms with van der Waals surface area (Å²) < 4.78 is 0. The Morgan fingerprint density at radius 1 is 1.12 bits per heavy atom. The highest BCUT2D eigenvalue weighted by atomic mass is 32.2. The Morgan fingerprint density at radius 2 is 1.74 bits per heavy atom. The number of thiol groups is 1. The maximum absolute atomic E-state index is 13.4. The third kappa shape index (κ3) is 9.19. The number of carbonyl (C=O) groups is 4. The molecule has 0 aliphatic carbocycles. The molecule has 0 radical (unpaired) electrons. The summed E-state index contributed by atoms with van der Waals surface area (Å²) in [4.78, 5) is 51.8. The zero-order chi connectivity index (χ0) is 25.8. The van der Waals surface area contributed by atoms with E-state index in [1.807, 2.05) is 36.6 Å². The van der Waals surface area contributed by atoms with Crippen molar-refractivity contribution in [2.24, 2.45) is 11.7 Å². The summed E-state index contributed by atoms with van der Waals surface area (Å²) in [5.74, 6) is -2.30. The van der Waals surface area contributed by atoms with Gasteiger partial charge in [0.1, 0.15) is 18.1 Å².